The Bertz CT molecular complexity index is 3460. The number of benzene rings is 6. The van der Waals surface area contributed by atoms with Gasteiger partial charge in [-0.05, 0) is 82.6 Å². The first-order valence-corrected chi connectivity index (χ1v) is 27.0. The minimum Gasteiger partial charge on any atom is -0.341 e. The fraction of sp³-hybridized carbons (Fsp3) is 0.143. The minimum atomic E-state index is -5.87. The number of nitrogens with zero attached hydrogens (tertiary/aromatic N) is 4. The van der Waals surface area contributed by atoms with Crippen LogP contribution in [0.4, 0.5) is 17.6 Å². The zero-order valence-corrected chi connectivity index (χ0v) is 41.6. The summed E-state index contributed by atoms with van der Waals surface area (Å²) in [5, 5.41) is 3.88. The van der Waals surface area contributed by atoms with E-state index in [2.05, 4.69) is 91.2 Å². The lowest BCUT2D eigenvalue weighted by Gasteiger charge is -2.36. The molecule has 0 saturated heterocycles. The van der Waals surface area contributed by atoms with Crippen LogP contribution in [0.2, 0.25) is 0 Å². The molecule has 20 heteroatoms. The van der Waals surface area contributed by atoms with E-state index in [-0.39, 0.29) is 29.2 Å². The summed E-state index contributed by atoms with van der Waals surface area (Å²) in [7, 11) is -11.7. The van der Waals surface area contributed by atoms with Gasteiger partial charge in [-0.15, -0.1) is 22.7 Å². The second kappa shape index (κ2) is 19.4. The number of fused-ring (bicyclic) bond motifs is 4. The molecule has 4 N–H and O–H groups in total. The van der Waals surface area contributed by atoms with Crippen molar-refractivity contribution < 1.29 is 46.3 Å². The van der Waals surface area contributed by atoms with E-state index in [4.69, 9.17) is 9.97 Å². The molecule has 0 aliphatic rings. The van der Waals surface area contributed by atoms with Gasteiger partial charge in [0.1, 0.15) is 15.6 Å². The topological polar surface area (TPSA) is 151 Å². The van der Waals surface area contributed by atoms with Gasteiger partial charge in [-0.2, -0.15) is 17.6 Å². The highest BCUT2D eigenvalue weighted by atomic mass is 79.9. The number of aromatic nitrogens is 4. The summed E-state index contributed by atoms with van der Waals surface area (Å²) < 4.78 is 88.3. The predicted octanol–water partition coefficient (Wildman–Crippen LogP) is 14.4. The first kappa shape index (κ1) is 50.5. The fourth-order valence-electron chi connectivity index (χ4n) is 8.24. The lowest BCUT2D eigenvalue weighted by Crippen LogP contribution is -2.39. The lowest BCUT2D eigenvalue weighted by atomic mass is 9.84. The number of para-hydroxylation sites is 4. The van der Waals surface area contributed by atoms with Crippen LogP contribution < -0.4 is 0 Å². The predicted molar refractivity (Wildman–Crippen MR) is 274 cm³/mol. The highest BCUT2D eigenvalue weighted by Crippen LogP contribution is 2.61. The number of alkyl halides is 4. The minimum absolute atomic E-state index is 0. The van der Waals surface area contributed by atoms with Gasteiger partial charge in [-0.1, -0.05) is 124 Å². The van der Waals surface area contributed by atoms with Gasteiger partial charge in [0.15, 0.2) is 0 Å². The molecule has 69 heavy (non-hydrogen) atoms. The third-order valence-corrected chi connectivity index (χ3v) is 17.0. The van der Waals surface area contributed by atoms with Crippen molar-refractivity contribution >= 4 is 112 Å². The van der Waals surface area contributed by atoms with Gasteiger partial charge in [-0.3, -0.25) is 9.13 Å². The quantitative estimate of drug-likeness (QED) is 0.0697. The molecule has 0 fully saturated rings. The maximum atomic E-state index is 14.8. The van der Waals surface area contributed by atoms with Gasteiger partial charge in [0.05, 0.1) is 27.0 Å². The SMILES string of the molecule is C.O=P(O)(O)C(F)(F)c1ccc(CC(Cc2ccc(C(F)(F)P(=O)(O)O)c(Br)c2)(c2nc3ccccc3s2)n2ccc3ccccc32)cc1Br.c1ccc2c(c1)ccn2Cc1nc2ccccc2s1. The normalized spacial score (nSPS) is 12.7. The summed E-state index contributed by atoms with van der Waals surface area (Å²) in [6.07, 6.45) is 4.12. The van der Waals surface area contributed by atoms with Crippen LogP contribution in [-0.4, -0.2) is 38.7 Å². The Balaban J connectivity index is 0.000000265. The first-order valence-electron chi connectivity index (χ1n) is 20.5. The van der Waals surface area contributed by atoms with Gasteiger partial charge >= 0.3 is 26.5 Å². The highest BCUT2D eigenvalue weighted by molar-refractivity contribution is 9.10. The van der Waals surface area contributed by atoms with Crippen molar-refractivity contribution in [1.29, 1.82) is 0 Å². The molecule has 4 aromatic heterocycles. The van der Waals surface area contributed by atoms with Crippen molar-refractivity contribution in [1.82, 2.24) is 19.1 Å². The molecule has 0 aliphatic heterocycles. The standard InChI is InChI=1S/C32H24Br2F4N2O6P2S.C16H12N2S.CH4/c33-24-15-19(9-11-22(24)31(35,36)47(41,42)43)17-30(29-39-26-6-2-4-8-28(26)49-29,40-14-13-21-5-1-3-7-27(21)40)18-20-10-12-23(25(34)16-20)32(37,38)48(44,45)46;1-3-7-14-12(5-1)9-10-18(14)11-16-17-13-6-2-4-8-15(13)19-16;/h1-16H,17-18H2,(H2,41,42,43)(H2,44,45,46);1-10H,11H2;1H4. The van der Waals surface area contributed by atoms with Crippen molar-refractivity contribution in [3.8, 4) is 0 Å². The molecular weight excluding hydrogens is 1100 g/mol. The molecule has 4 heterocycles. The van der Waals surface area contributed by atoms with Crippen LogP contribution in [0.1, 0.15) is 39.7 Å². The summed E-state index contributed by atoms with van der Waals surface area (Å²) >= 11 is 9.33. The average Bonchev–Trinajstić information content (AvgIpc) is 4.11. The van der Waals surface area contributed by atoms with E-state index in [1.54, 1.807) is 11.3 Å². The van der Waals surface area contributed by atoms with Gasteiger partial charge in [0, 0.05) is 56.3 Å². The average molecular weight is 1140 g/mol. The smallest absolute Gasteiger partial charge is 0.341 e. The van der Waals surface area contributed by atoms with Gasteiger partial charge < -0.3 is 28.7 Å². The molecule has 6 aromatic carbocycles. The number of hydrogen-bond donors (Lipinski definition) is 4. The van der Waals surface area contributed by atoms with Crippen molar-refractivity contribution in [3.05, 3.63) is 199 Å². The van der Waals surface area contributed by atoms with Crippen molar-refractivity contribution in [2.75, 3.05) is 0 Å². The molecule has 10 aromatic rings. The molecule has 0 saturated carbocycles. The molecule has 0 bridgehead atoms. The number of halogens is 6. The number of hydrogen-bond acceptors (Lipinski definition) is 6. The molecule has 10 rings (SSSR count). The van der Waals surface area contributed by atoms with E-state index in [1.807, 2.05) is 71.4 Å². The van der Waals surface area contributed by atoms with Crippen LogP contribution in [0, 0.1) is 0 Å². The van der Waals surface area contributed by atoms with E-state index in [1.165, 1.54) is 51.2 Å². The second-order valence-corrected chi connectivity index (χ2v) is 23.1. The van der Waals surface area contributed by atoms with Crippen molar-refractivity contribution in [2.45, 2.75) is 43.7 Å². The van der Waals surface area contributed by atoms with Gasteiger partial charge in [0.25, 0.3) is 0 Å². The van der Waals surface area contributed by atoms with Crippen LogP contribution in [-0.2, 0) is 45.4 Å². The molecule has 0 spiro atoms. The lowest BCUT2D eigenvalue weighted by molar-refractivity contribution is 0.0557. The molecular formula is C49H40Br2F4N4O6P2S2. The highest BCUT2D eigenvalue weighted by Gasteiger charge is 2.53. The fourth-order valence-corrected chi connectivity index (χ4v) is 13.0. The number of rotatable bonds is 12. The molecule has 0 radical (unpaired) electrons. The molecule has 0 amide bonds. The summed E-state index contributed by atoms with van der Waals surface area (Å²) in [5.74, 6) is 0. The summed E-state index contributed by atoms with van der Waals surface area (Å²) in [4.78, 5) is 47.1. The Hall–Kier alpha value is -4.84. The molecule has 10 nitrogen and oxygen atoms in total. The van der Waals surface area contributed by atoms with E-state index in [0.29, 0.717) is 21.7 Å². The molecule has 0 aliphatic carbocycles. The summed E-state index contributed by atoms with van der Waals surface area (Å²) in [6.45, 7) is 0.840. The molecule has 356 valence electrons. The second-order valence-electron chi connectivity index (χ2n) is 16.0. The Labute approximate surface area is 417 Å². The van der Waals surface area contributed by atoms with Gasteiger partial charge in [0.2, 0.25) is 0 Å². The Morgan fingerprint density at radius 3 is 1.55 bits per heavy atom. The Morgan fingerprint density at radius 2 is 1.03 bits per heavy atom. The van der Waals surface area contributed by atoms with Crippen LogP contribution in [0.5, 0.6) is 0 Å². The summed E-state index contributed by atoms with van der Waals surface area (Å²) in [6, 6.07) is 43.0. The zero-order valence-electron chi connectivity index (χ0n) is 35.0. The zero-order chi connectivity index (χ0) is 48.2. The first-order chi connectivity index (χ1) is 32.2. The van der Waals surface area contributed by atoms with Crippen LogP contribution in [0.15, 0.2) is 167 Å². The third kappa shape index (κ3) is 9.81. The van der Waals surface area contributed by atoms with Crippen LogP contribution >= 0.6 is 69.7 Å². The third-order valence-electron chi connectivity index (χ3n) is 11.5. The Kier molecular flexibility index (Phi) is 14.2. The largest absolute Gasteiger partial charge is 0.399 e. The Morgan fingerprint density at radius 1 is 0.565 bits per heavy atom. The van der Waals surface area contributed by atoms with E-state index < -0.39 is 43.2 Å². The molecule has 0 atom stereocenters. The number of thiazole rings is 2. The van der Waals surface area contributed by atoms with Crippen LogP contribution in [0.25, 0.3) is 42.2 Å². The molecule has 0 unspecified atom stereocenters. The van der Waals surface area contributed by atoms with Gasteiger partial charge in [-0.25, -0.2) is 9.97 Å². The van der Waals surface area contributed by atoms with Crippen LogP contribution in [0.3, 0.4) is 0 Å². The van der Waals surface area contributed by atoms with Crippen molar-refractivity contribution in [3.63, 3.8) is 0 Å². The maximum Gasteiger partial charge on any atom is 0.399 e. The maximum absolute atomic E-state index is 14.8. The summed E-state index contributed by atoms with van der Waals surface area (Å²) in [5.41, 5.74) is -7.14. The monoisotopic (exact) mass is 1140 g/mol. The van der Waals surface area contributed by atoms with E-state index in [0.717, 1.165) is 44.8 Å². The van der Waals surface area contributed by atoms with E-state index >= 15 is 0 Å². The van der Waals surface area contributed by atoms with E-state index in [9.17, 15) is 46.3 Å². The van der Waals surface area contributed by atoms with Crippen molar-refractivity contribution in [2.24, 2.45) is 0 Å².